The van der Waals surface area contributed by atoms with Crippen molar-refractivity contribution >= 4 is 29.7 Å². The highest BCUT2D eigenvalue weighted by atomic mass is 32.2. The molecule has 0 saturated carbocycles. The summed E-state index contributed by atoms with van der Waals surface area (Å²) in [6.45, 7) is 4.73. The molecule has 1 aromatic rings. The maximum Gasteiger partial charge on any atom is 0.328 e. The normalized spacial score (nSPS) is 19.0. The van der Waals surface area contributed by atoms with Crippen LogP contribution in [0.25, 0.3) is 6.08 Å². The van der Waals surface area contributed by atoms with Crippen molar-refractivity contribution in [2.75, 3.05) is 18.1 Å². The lowest BCUT2D eigenvalue weighted by atomic mass is 10.0. The number of thioether (sulfide) groups is 1. The molecule has 112 valence electrons. The van der Waals surface area contributed by atoms with Gasteiger partial charge in [-0.2, -0.15) is 11.8 Å². The highest BCUT2D eigenvalue weighted by Gasteiger charge is 2.25. The van der Waals surface area contributed by atoms with Crippen LogP contribution in [0, 0.1) is 6.92 Å². The number of hydrogen-bond donors (Lipinski definition) is 1. The summed E-state index contributed by atoms with van der Waals surface area (Å²) in [6.07, 6.45) is 2.59. The molecule has 1 amide bonds. The van der Waals surface area contributed by atoms with Crippen molar-refractivity contribution in [1.82, 2.24) is 4.90 Å². The Balaban J connectivity index is 2.27. The quantitative estimate of drug-likeness (QED) is 0.872. The molecule has 5 heteroatoms. The number of nitrogens with zero attached hydrogens (tertiary/aromatic N) is 1. The van der Waals surface area contributed by atoms with Crippen LogP contribution in [0.5, 0.6) is 0 Å². The number of hydrogen-bond acceptors (Lipinski definition) is 3. The van der Waals surface area contributed by atoms with Crippen LogP contribution in [0.4, 0.5) is 0 Å². The average molecular weight is 305 g/mol. The standard InChI is InChI=1S/C16H19NO3S/c1-11-3-4-13(5-6-15(18)19)9-14(11)16(20)17-7-8-21-10-12(17)2/h3-6,9,12H,7-8,10H2,1-2H3,(H,18,19). The van der Waals surface area contributed by atoms with E-state index in [1.165, 1.54) is 6.08 Å². The number of amides is 1. The molecule has 0 aliphatic carbocycles. The highest BCUT2D eigenvalue weighted by Crippen LogP contribution is 2.21. The first-order valence-electron chi connectivity index (χ1n) is 6.89. The fourth-order valence-electron chi connectivity index (χ4n) is 2.32. The van der Waals surface area contributed by atoms with E-state index in [9.17, 15) is 9.59 Å². The molecule has 1 saturated heterocycles. The van der Waals surface area contributed by atoms with Gasteiger partial charge < -0.3 is 10.0 Å². The lowest BCUT2D eigenvalue weighted by Crippen LogP contribution is -2.44. The minimum atomic E-state index is -0.995. The van der Waals surface area contributed by atoms with Crippen molar-refractivity contribution < 1.29 is 14.7 Å². The van der Waals surface area contributed by atoms with Gasteiger partial charge in [-0.3, -0.25) is 4.79 Å². The number of aryl methyl sites for hydroxylation is 1. The second-order valence-electron chi connectivity index (χ2n) is 5.17. The highest BCUT2D eigenvalue weighted by molar-refractivity contribution is 7.99. The Morgan fingerprint density at radius 3 is 2.86 bits per heavy atom. The molecule has 1 N–H and O–H groups in total. The summed E-state index contributed by atoms with van der Waals surface area (Å²) in [6, 6.07) is 5.68. The van der Waals surface area contributed by atoms with Crippen molar-refractivity contribution in [2.24, 2.45) is 0 Å². The summed E-state index contributed by atoms with van der Waals surface area (Å²) in [7, 11) is 0. The van der Waals surface area contributed by atoms with Crippen molar-refractivity contribution in [1.29, 1.82) is 0 Å². The molecular weight excluding hydrogens is 286 g/mol. The average Bonchev–Trinajstić information content (AvgIpc) is 2.46. The summed E-state index contributed by atoms with van der Waals surface area (Å²) in [5.74, 6) is 0.966. The van der Waals surface area contributed by atoms with E-state index in [1.807, 2.05) is 35.7 Å². The molecule has 1 atom stereocenters. The Morgan fingerprint density at radius 1 is 1.43 bits per heavy atom. The zero-order valence-corrected chi connectivity index (χ0v) is 13.0. The summed E-state index contributed by atoms with van der Waals surface area (Å²) >= 11 is 1.87. The van der Waals surface area contributed by atoms with Crippen LogP contribution in [0.1, 0.15) is 28.4 Å². The molecule has 21 heavy (non-hydrogen) atoms. The Bertz CT molecular complexity index is 583. The van der Waals surface area contributed by atoms with Gasteiger partial charge in [-0.25, -0.2) is 4.79 Å². The molecule has 1 fully saturated rings. The smallest absolute Gasteiger partial charge is 0.328 e. The van der Waals surface area contributed by atoms with Crippen molar-refractivity contribution in [3.05, 3.63) is 41.0 Å². The van der Waals surface area contributed by atoms with E-state index in [-0.39, 0.29) is 11.9 Å². The minimum Gasteiger partial charge on any atom is -0.478 e. The van der Waals surface area contributed by atoms with Crippen LogP contribution < -0.4 is 0 Å². The van der Waals surface area contributed by atoms with Gasteiger partial charge in [-0.15, -0.1) is 0 Å². The Labute approximate surface area is 128 Å². The van der Waals surface area contributed by atoms with Gasteiger partial charge in [-0.1, -0.05) is 12.1 Å². The van der Waals surface area contributed by atoms with Crippen LogP contribution >= 0.6 is 11.8 Å². The van der Waals surface area contributed by atoms with E-state index in [1.54, 1.807) is 6.07 Å². The van der Waals surface area contributed by atoms with Crippen LogP contribution in [-0.4, -0.2) is 46.0 Å². The van der Waals surface area contributed by atoms with Gasteiger partial charge in [0.1, 0.15) is 0 Å². The van der Waals surface area contributed by atoms with E-state index >= 15 is 0 Å². The van der Waals surface area contributed by atoms with E-state index in [2.05, 4.69) is 6.92 Å². The van der Waals surface area contributed by atoms with Gasteiger partial charge in [0.25, 0.3) is 5.91 Å². The monoisotopic (exact) mass is 305 g/mol. The van der Waals surface area contributed by atoms with E-state index < -0.39 is 5.97 Å². The summed E-state index contributed by atoms with van der Waals surface area (Å²) in [4.78, 5) is 25.2. The summed E-state index contributed by atoms with van der Waals surface area (Å²) in [5.41, 5.74) is 2.30. The van der Waals surface area contributed by atoms with E-state index in [0.717, 1.165) is 35.3 Å². The number of carbonyl (C=O) groups excluding carboxylic acids is 1. The molecule has 0 aromatic heterocycles. The Kier molecular flexibility index (Phi) is 5.07. The van der Waals surface area contributed by atoms with Crippen molar-refractivity contribution in [3.63, 3.8) is 0 Å². The number of carboxylic acids is 1. The molecule has 1 aliphatic rings. The van der Waals surface area contributed by atoms with E-state index in [4.69, 9.17) is 5.11 Å². The first-order chi connectivity index (χ1) is 9.99. The van der Waals surface area contributed by atoms with Gasteiger partial charge in [0.2, 0.25) is 0 Å². The Morgan fingerprint density at radius 2 is 2.19 bits per heavy atom. The molecule has 4 nitrogen and oxygen atoms in total. The van der Waals surface area contributed by atoms with Crippen LogP contribution in [0.2, 0.25) is 0 Å². The maximum absolute atomic E-state index is 12.7. The number of carboxylic acid groups (broad SMARTS) is 1. The summed E-state index contributed by atoms with van der Waals surface area (Å²) < 4.78 is 0. The van der Waals surface area contributed by atoms with Gasteiger partial charge in [0.15, 0.2) is 0 Å². The number of carbonyl (C=O) groups is 2. The second kappa shape index (κ2) is 6.80. The number of benzene rings is 1. The Hall–Kier alpha value is -1.75. The van der Waals surface area contributed by atoms with Crippen molar-refractivity contribution in [3.8, 4) is 0 Å². The molecule has 1 unspecified atom stereocenters. The first-order valence-corrected chi connectivity index (χ1v) is 8.05. The SMILES string of the molecule is Cc1ccc(C=CC(=O)O)cc1C(=O)N1CCSCC1C. The lowest BCUT2D eigenvalue weighted by Gasteiger charge is -2.33. The zero-order valence-electron chi connectivity index (χ0n) is 12.2. The predicted octanol–water partition coefficient (Wildman–Crippen LogP) is 2.67. The topological polar surface area (TPSA) is 57.6 Å². The van der Waals surface area contributed by atoms with Gasteiger partial charge >= 0.3 is 5.97 Å². The maximum atomic E-state index is 12.7. The van der Waals surface area contributed by atoms with Crippen LogP contribution in [0.3, 0.4) is 0 Å². The lowest BCUT2D eigenvalue weighted by molar-refractivity contribution is -0.131. The van der Waals surface area contributed by atoms with Crippen molar-refractivity contribution in [2.45, 2.75) is 19.9 Å². The van der Waals surface area contributed by atoms with E-state index in [0.29, 0.717) is 5.56 Å². The third kappa shape index (κ3) is 3.88. The third-order valence-corrected chi connectivity index (χ3v) is 4.73. The van der Waals surface area contributed by atoms with Gasteiger partial charge in [0, 0.05) is 35.7 Å². The molecule has 0 bridgehead atoms. The number of aliphatic carboxylic acids is 1. The fraction of sp³-hybridized carbons (Fsp3) is 0.375. The largest absolute Gasteiger partial charge is 0.478 e. The molecule has 0 spiro atoms. The molecule has 1 aliphatic heterocycles. The van der Waals surface area contributed by atoms with Gasteiger partial charge in [0.05, 0.1) is 0 Å². The number of rotatable bonds is 3. The molecule has 1 heterocycles. The molecule has 0 radical (unpaired) electrons. The first kappa shape index (κ1) is 15.6. The molecule has 2 rings (SSSR count). The van der Waals surface area contributed by atoms with Gasteiger partial charge in [-0.05, 0) is 37.1 Å². The zero-order chi connectivity index (χ0) is 15.4. The fourth-order valence-corrected chi connectivity index (χ4v) is 3.34. The molecular formula is C16H19NO3S. The van der Waals surface area contributed by atoms with Crippen LogP contribution in [-0.2, 0) is 4.79 Å². The predicted molar refractivity (Wildman–Crippen MR) is 85.7 cm³/mol. The second-order valence-corrected chi connectivity index (χ2v) is 6.32. The van der Waals surface area contributed by atoms with Crippen LogP contribution in [0.15, 0.2) is 24.3 Å². The third-order valence-electron chi connectivity index (χ3n) is 3.54. The summed E-state index contributed by atoms with van der Waals surface area (Å²) in [5, 5.41) is 8.68. The minimum absolute atomic E-state index is 0.0332. The molecule has 1 aromatic carbocycles.